The molecule has 16 heteroatoms. The van der Waals surface area contributed by atoms with Crippen molar-refractivity contribution in [2.75, 3.05) is 26.3 Å². The van der Waals surface area contributed by atoms with Gasteiger partial charge in [-0.05, 0) is 10.8 Å². The zero-order valence-electron chi connectivity index (χ0n) is 27.8. The Balaban J connectivity index is 1.39. The number of aromatic hydroxyl groups is 4. The van der Waals surface area contributed by atoms with Crippen molar-refractivity contribution in [2.24, 2.45) is 9.98 Å². The number of esters is 1. The molecule has 278 valence electrons. The van der Waals surface area contributed by atoms with Gasteiger partial charge in [0.05, 0.1) is 26.3 Å². The monoisotopic (exact) mass is 724 g/mol. The average Bonchev–Trinajstić information content (AvgIpc) is 3.12. The van der Waals surface area contributed by atoms with Gasteiger partial charge in [-0.15, -0.1) is 0 Å². The highest BCUT2D eigenvalue weighted by Gasteiger charge is 2.48. The number of aliphatic hydroxyl groups is 5. The first-order valence-corrected chi connectivity index (χ1v) is 16.2. The summed E-state index contributed by atoms with van der Waals surface area (Å²) in [6.07, 6.45) is -9.85. The second kappa shape index (κ2) is 17.1. The molecule has 52 heavy (non-hydrogen) atoms. The zero-order chi connectivity index (χ0) is 37.5. The van der Waals surface area contributed by atoms with Crippen LogP contribution in [0.4, 0.5) is 0 Å². The second-order valence-electron chi connectivity index (χ2n) is 12.0. The van der Waals surface area contributed by atoms with Crippen LogP contribution in [0, 0.1) is 0 Å². The Morgan fingerprint density at radius 2 is 1.31 bits per heavy atom. The largest absolute Gasteiger partial charge is 0.507 e. The molecule has 16 nitrogen and oxygen atoms in total. The highest BCUT2D eigenvalue weighted by molar-refractivity contribution is 6.05. The maximum absolute atomic E-state index is 11.7. The SMILES string of the molecule is CC(=O)O[C@H]1[C@H](O)[C@@H](O[C@H](CN=Cc2c(O)cc(O)c3ccccc23)[C@H](CO)O[C@H](O)CN=Cc2c(O)cc(O)c3ccccc23)O[C@@H](CO)[C@@H]1O. The second-order valence-corrected chi connectivity index (χ2v) is 12.0. The molecule has 1 aliphatic rings. The van der Waals surface area contributed by atoms with E-state index in [9.17, 15) is 50.8 Å². The summed E-state index contributed by atoms with van der Waals surface area (Å²) in [5, 5.41) is 95.9. The molecule has 4 aromatic rings. The lowest BCUT2D eigenvalue weighted by atomic mass is 9.99. The number of fused-ring (bicyclic) bond motifs is 2. The van der Waals surface area contributed by atoms with E-state index < -0.39 is 74.9 Å². The highest BCUT2D eigenvalue weighted by atomic mass is 16.7. The number of phenolic OH excluding ortho intramolecular Hbond substituents is 4. The van der Waals surface area contributed by atoms with E-state index in [1.807, 2.05) is 0 Å². The van der Waals surface area contributed by atoms with E-state index in [0.717, 1.165) is 19.1 Å². The molecule has 9 N–H and O–H groups in total. The van der Waals surface area contributed by atoms with Gasteiger partial charge in [0.1, 0.15) is 53.5 Å². The molecule has 1 saturated heterocycles. The van der Waals surface area contributed by atoms with E-state index in [2.05, 4.69) is 9.98 Å². The van der Waals surface area contributed by atoms with Crippen molar-refractivity contribution in [3.05, 3.63) is 71.8 Å². The minimum absolute atomic E-state index is 0.132. The normalized spacial score (nSPS) is 22.6. The predicted octanol–water partition coefficient (Wildman–Crippen LogP) is 0.805. The van der Waals surface area contributed by atoms with Crippen molar-refractivity contribution in [1.29, 1.82) is 0 Å². The molecule has 0 saturated carbocycles. The van der Waals surface area contributed by atoms with Gasteiger partial charge in [-0.25, -0.2) is 0 Å². The van der Waals surface area contributed by atoms with Crippen LogP contribution in [0.3, 0.4) is 0 Å². The number of rotatable bonds is 14. The first-order valence-electron chi connectivity index (χ1n) is 16.2. The van der Waals surface area contributed by atoms with Crippen LogP contribution in [0.25, 0.3) is 21.5 Å². The number of hydrogen-bond acceptors (Lipinski definition) is 16. The minimum Gasteiger partial charge on any atom is -0.507 e. The highest BCUT2D eigenvalue weighted by Crippen LogP contribution is 2.35. The molecular weight excluding hydrogens is 684 g/mol. The Hall–Kier alpha value is -4.91. The third-order valence-electron chi connectivity index (χ3n) is 8.43. The van der Waals surface area contributed by atoms with Gasteiger partial charge in [-0.1, -0.05) is 48.5 Å². The van der Waals surface area contributed by atoms with Crippen molar-refractivity contribution in [3.8, 4) is 23.0 Å². The molecule has 0 spiro atoms. The lowest BCUT2D eigenvalue weighted by Crippen LogP contribution is -2.61. The number of aliphatic imine (C=N–C) groups is 2. The van der Waals surface area contributed by atoms with Gasteiger partial charge in [0.2, 0.25) is 0 Å². The molecule has 0 aromatic heterocycles. The molecule has 0 unspecified atom stereocenters. The number of nitrogens with zero attached hydrogens (tertiary/aromatic N) is 2. The van der Waals surface area contributed by atoms with E-state index in [1.165, 1.54) is 12.4 Å². The first kappa shape index (κ1) is 38.3. The molecule has 0 radical (unpaired) electrons. The Morgan fingerprint density at radius 3 is 1.81 bits per heavy atom. The Bertz CT molecular complexity index is 1920. The molecule has 0 bridgehead atoms. The molecular formula is C36H40N2O14. The van der Waals surface area contributed by atoms with Crippen LogP contribution in [-0.2, 0) is 23.7 Å². The number of phenols is 4. The predicted molar refractivity (Wildman–Crippen MR) is 186 cm³/mol. The van der Waals surface area contributed by atoms with Gasteiger partial charge in [-0.3, -0.25) is 14.8 Å². The van der Waals surface area contributed by atoms with Crippen LogP contribution in [0.1, 0.15) is 18.1 Å². The van der Waals surface area contributed by atoms with Gasteiger partial charge < -0.3 is 64.9 Å². The Kier molecular flexibility index (Phi) is 12.6. The summed E-state index contributed by atoms with van der Waals surface area (Å²) in [6.45, 7) is -1.22. The van der Waals surface area contributed by atoms with Gasteiger partial charge >= 0.3 is 5.97 Å². The van der Waals surface area contributed by atoms with Crippen LogP contribution >= 0.6 is 0 Å². The van der Waals surface area contributed by atoms with Crippen LogP contribution in [0.5, 0.6) is 23.0 Å². The number of aliphatic hydroxyl groups excluding tert-OH is 5. The summed E-state index contributed by atoms with van der Waals surface area (Å²) < 4.78 is 22.3. The van der Waals surface area contributed by atoms with Crippen molar-refractivity contribution in [2.45, 2.75) is 56.1 Å². The van der Waals surface area contributed by atoms with E-state index >= 15 is 0 Å². The first-order chi connectivity index (χ1) is 24.9. The fraction of sp³-hybridized carbons (Fsp3) is 0.361. The average molecular weight is 725 g/mol. The van der Waals surface area contributed by atoms with Gasteiger partial charge in [0, 0.05) is 53.4 Å². The van der Waals surface area contributed by atoms with Crippen molar-refractivity contribution >= 4 is 39.9 Å². The van der Waals surface area contributed by atoms with Gasteiger partial charge in [0.25, 0.3) is 0 Å². The molecule has 1 heterocycles. The zero-order valence-corrected chi connectivity index (χ0v) is 27.8. The minimum atomic E-state index is -1.79. The Labute approximate surface area is 296 Å². The van der Waals surface area contributed by atoms with Crippen molar-refractivity contribution < 1.29 is 69.7 Å². The lowest BCUT2D eigenvalue weighted by Gasteiger charge is -2.42. The molecule has 0 amide bonds. The van der Waals surface area contributed by atoms with Gasteiger partial charge in [0.15, 0.2) is 18.7 Å². The van der Waals surface area contributed by atoms with Crippen LogP contribution < -0.4 is 0 Å². The quantitative estimate of drug-likeness (QED) is 0.0495. The summed E-state index contributed by atoms with van der Waals surface area (Å²) in [7, 11) is 0. The number of benzene rings is 4. The molecule has 5 rings (SSSR count). The maximum atomic E-state index is 11.7. The van der Waals surface area contributed by atoms with Gasteiger partial charge in [-0.2, -0.15) is 0 Å². The third-order valence-corrected chi connectivity index (χ3v) is 8.43. The summed E-state index contributed by atoms with van der Waals surface area (Å²) in [5.41, 5.74) is 0.506. The Morgan fingerprint density at radius 1 is 0.788 bits per heavy atom. The lowest BCUT2D eigenvalue weighted by molar-refractivity contribution is -0.322. The summed E-state index contributed by atoms with van der Waals surface area (Å²) in [4.78, 5) is 20.2. The molecule has 0 aliphatic carbocycles. The fourth-order valence-corrected chi connectivity index (χ4v) is 5.89. The van der Waals surface area contributed by atoms with Crippen LogP contribution in [-0.4, -0.2) is 140 Å². The standard InChI is InChI=1S/C36H40N2O14/c1-18(41)49-35-33(47)31(17-40)52-36(34(35)48)51-29(14-37-12-23-19-6-2-4-8-21(19)25(42)10-27(23)44)30(16-39)50-32(46)15-38-13-24-20-7-3-5-9-22(20)26(43)11-28(24)45/h2-13,29-36,39-40,42-48H,14-17H2,1H3/t29-,30+,31+,32+,33+,34+,35-,36+/m1/s1. The summed E-state index contributed by atoms with van der Waals surface area (Å²) >= 11 is 0. The fourth-order valence-electron chi connectivity index (χ4n) is 5.89. The van der Waals surface area contributed by atoms with E-state index in [1.54, 1.807) is 48.5 Å². The van der Waals surface area contributed by atoms with Crippen LogP contribution in [0.2, 0.25) is 0 Å². The van der Waals surface area contributed by atoms with Crippen molar-refractivity contribution in [1.82, 2.24) is 0 Å². The number of hydrogen-bond donors (Lipinski definition) is 9. The molecule has 4 aromatic carbocycles. The smallest absolute Gasteiger partial charge is 0.303 e. The van der Waals surface area contributed by atoms with E-state index in [-0.39, 0.29) is 40.7 Å². The molecule has 1 aliphatic heterocycles. The topological polar surface area (TPSA) is 261 Å². The van der Waals surface area contributed by atoms with E-state index in [0.29, 0.717) is 21.5 Å². The van der Waals surface area contributed by atoms with Crippen LogP contribution in [0.15, 0.2) is 70.6 Å². The number of ether oxygens (including phenoxy) is 4. The summed E-state index contributed by atoms with van der Waals surface area (Å²) in [5.74, 6) is -1.67. The number of carbonyl (C=O) groups is 1. The third kappa shape index (κ3) is 8.58. The molecule has 8 atom stereocenters. The van der Waals surface area contributed by atoms with Crippen molar-refractivity contribution in [3.63, 3.8) is 0 Å². The van der Waals surface area contributed by atoms with E-state index in [4.69, 9.17) is 18.9 Å². The molecule has 1 fully saturated rings. The number of carbonyl (C=O) groups excluding carboxylic acids is 1. The maximum Gasteiger partial charge on any atom is 0.303 e. The summed E-state index contributed by atoms with van der Waals surface area (Å²) in [6, 6.07) is 15.8.